The number of ether oxygens (including phenoxy) is 1. The number of hydrogen-bond donors (Lipinski definition) is 5. The molecule has 3 atom stereocenters. The topological polar surface area (TPSA) is 230 Å². The zero-order valence-corrected chi connectivity index (χ0v) is 37.5. The van der Waals surface area contributed by atoms with Gasteiger partial charge in [0.05, 0.1) is 32.1 Å². The third-order valence-corrected chi connectivity index (χ3v) is 9.72. The number of nitrogens with zero attached hydrogens (tertiary/aromatic N) is 4. The van der Waals surface area contributed by atoms with E-state index in [1.54, 1.807) is 30.5 Å². The largest absolute Gasteiger partial charge is 0.490 e. The molecule has 2 amide bonds. The first-order valence-electron chi connectivity index (χ1n) is 19.8. The van der Waals surface area contributed by atoms with Crippen LogP contribution in [0.2, 0.25) is 0 Å². The molecule has 0 fully saturated rings. The van der Waals surface area contributed by atoms with Gasteiger partial charge in [-0.05, 0) is 58.4 Å². The number of nitrogens with one attached hydrogen (secondary N) is 2. The second-order valence-electron chi connectivity index (χ2n) is 14.3. The Bertz CT molecular complexity index is 2170. The molecule has 26 heteroatoms. The van der Waals surface area contributed by atoms with Crippen molar-refractivity contribution in [3.8, 4) is 0 Å². The zero-order chi connectivity index (χ0) is 51.8. The van der Waals surface area contributed by atoms with E-state index < -0.39 is 48.4 Å². The van der Waals surface area contributed by atoms with Crippen LogP contribution in [0, 0.1) is 5.92 Å². The number of carboxylic acids is 3. The Morgan fingerprint density at radius 3 is 1.87 bits per heavy atom. The van der Waals surface area contributed by atoms with Crippen molar-refractivity contribution in [3.63, 3.8) is 0 Å². The first kappa shape index (κ1) is 59.6. The monoisotopic (exact) mass is 1000 g/mol. The number of rotatable bonds is 18. The molecule has 0 saturated heterocycles. The number of esters is 1. The SMILES string of the molecule is CC[C@H](C)[C@@H](CN(CC(=O)N[C@@H](CCSC)C(=O)OC)Cc1cccc2ccccc12)NC(=O)Cc1cn(Cc2ccncc2)cn1.O=C(O)C(F)(F)F.O=C(O)C(F)(F)F.O=C(O)C(F)(F)F. The van der Waals surface area contributed by atoms with Crippen LogP contribution in [-0.4, -0.2) is 133 Å². The highest BCUT2D eigenvalue weighted by atomic mass is 32.2. The highest BCUT2D eigenvalue weighted by molar-refractivity contribution is 7.98. The van der Waals surface area contributed by atoms with Crippen LogP contribution in [0.4, 0.5) is 39.5 Å². The fourth-order valence-corrected chi connectivity index (χ4v) is 6.03. The van der Waals surface area contributed by atoms with E-state index in [4.69, 9.17) is 34.4 Å². The van der Waals surface area contributed by atoms with Gasteiger partial charge in [0, 0.05) is 44.3 Å². The van der Waals surface area contributed by atoms with Crippen molar-refractivity contribution in [2.24, 2.45) is 5.92 Å². The number of fused-ring (bicyclic) bond motifs is 1. The number of amides is 2. The van der Waals surface area contributed by atoms with Crippen LogP contribution in [0.25, 0.3) is 10.8 Å². The van der Waals surface area contributed by atoms with Gasteiger partial charge in [-0.15, -0.1) is 0 Å². The first-order chi connectivity index (χ1) is 31.6. The molecular weight excluding hydrogens is 952 g/mol. The van der Waals surface area contributed by atoms with E-state index in [9.17, 15) is 53.9 Å². The van der Waals surface area contributed by atoms with Crippen LogP contribution in [-0.2, 0) is 53.0 Å². The molecular formula is C42H49F9N6O10S. The quantitative estimate of drug-likeness (QED) is 0.0540. The van der Waals surface area contributed by atoms with E-state index in [-0.39, 0.29) is 36.7 Å². The van der Waals surface area contributed by atoms with Gasteiger partial charge in [-0.25, -0.2) is 24.2 Å². The predicted octanol–water partition coefficient (Wildman–Crippen LogP) is 6.37. The van der Waals surface area contributed by atoms with Crippen molar-refractivity contribution < 1.29 is 88.3 Å². The van der Waals surface area contributed by atoms with Gasteiger partial charge in [-0.2, -0.15) is 51.3 Å². The highest BCUT2D eigenvalue weighted by Gasteiger charge is 2.39. The first-order valence-corrected chi connectivity index (χ1v) is 21.2. The van der Waals surface area contributed by atoms with Gasteiger partial charge in [-0.3, -0.25) is 19.5 Å². The van der Waals surface area contributed by atoms with Crippen molar-refractivity contribution in [1.29, 1.82) is 0 Å². The van der Waals surface area contributed by atoms with Crippen molar-refractivity contribution in [3.05, 3.63) is 96.3 Å². The van der Waals surface area contributed by atoms with E-state index in [0.717, 1.165) is 28.3 Å². The molecule has 2 heterocycles. The summed E-state index contributed by atoms with van der Waals surface area (Å²) in [6.07, 6.45) is -4.68. The Hall–Kier alpha value is -6.44. The summed E-state index contributed by atoms with van der Waals surface area (Å²) in [5.74, 6) is -8.26. The van der Waals surface area contributed by atoms with E-state index in [1.165, 1.54) is 7.11 Å². The number of benzene rings is 2. The minimum Gasteiger partial charge on any atom is -0.475 e. The summed E-state index contributed by atoms with van der Waals surface area (Å²) < 4.78 is 102. The Kier molecular flexibility index (Phi) is 25.1. The number of hydrogen-bond acceptors (Lipinski definition) is 11. The second-order valence-corrected chi connectivity index (χ2v) is 15.3. The average Bonchev–Trinajstić information content (AvgIpc) is 3.70. The molecule has 0 aliphatic rings. The maximum Gasteiger partial charge on any atom is 0.490 e. The van der Waals surface area contributed by atoms with Gasteiger partial charge in [-0.1, -0.05) is 62.7 Å². The molecule has 376 valence electrons. The molecule has 2 aromatic carbocycles. The predicted molar refractivity (Wildman–Crippen MR) is 228 cm³/mol. The number of thioether (sulfide) groups is 1. The second kappa shape index (κ2) is 28.7. The number of imidazole rings is 1. The molecule has 4 rings (SSSR count). The van der Waals surface area contributed by atoms with Crippen LogP contribution in [0.1, 0.15) is 43.5 Å². The Balaban J connectivity index is 0.000000910. The van der Waals surface area contributed by atoms with Crippen LogP contribution in [0.5, 0.6) is 0 Å². The molecule has 0 radical (unpaired) electrons. The number of methoxy groups -OCH3 is 1. The summed E-state index contributed by atoms with van der Waals surface area (Å²) in [5.41, 5.74) is 2.87. The summed E-state index contributed by atoms with van der Waals surface area (Å²) in [7, 11) is 1.33. The Morgan fingerprint density at radius 2 is 1.35 bits per heavy atom. The van der Waals surface area contributed by atoms with Crippen molar-refractivity contribution in [1.82, 2.24) is 30.1 Å². The lowest BCUT2D eigenvalue weighted by Crippen LogP contribution is -2.51. The van der Waals surface area contributed by atoms with Gasteiger partial charge in [0.2, 0.25) is 11.8 Å². The molecule has 68 heavy (non-hydrogen) atoms. The molecule has 0 aliphatic heterocycles. The summed E-state index contributed by atoms with van der Waals surface area (Å²) in [4.78, 5) is 76.5. The minimum absolute atomic E-state index is 0.0538. The Labute approximate surface area is 387 Å². The van der Waals surface area contributed by atoms with E-state index >= 15 is 0 Å². The standard InChI is InChI=1S/C36H46N6O4S.3C2HF3O2/c1-5-26(2)33(40-34(43)19-30-22-42(25-38-30)20-27-13-16-37-17-14-27)23-41(21-29-11-8-10-28-9-6-7-12-31(28)29)24-35(44)39-32(15-18-47-4)36(45)46-3;3*3-2(4,5)1(6)7/h6-14,16-17,22,25-26,32-33H,5,15,18-21,23-24H2,1-4H3,(H,39,44)(H,40,43);3*(H,6,7)/t26-,32-,33+;;;/m0.../s1. The molecule has 0 saturated carbocycles. The number of carbonyl (C=O) groups excluding carboxylic acids is 3. The maximum absolute atomic E-state index is 13.5. The van der Waals surface area contributed by atoms with Crippen LogP contribution in [0.3, 0.4) is 0 Å². The van der Waals surface area contributed by atoms with Gasteiger partial charge in [0.15, 0.2) is 0 Å². The van der Waals surface area contributed by atoms with Crippen LogP contribution >= 0.6 is 11.8 Å². The molecule has 0 bridgehead atoms. The number of aliphatic carboxylic acids is 3. The number of aromatic nitrogens is 3. The van der Waals surface area contributed by atoms with Crippen LogP contribution in [0.15, 0.2) is 79.5 Å². The molecule has 5 N–H and O–H groups in total. The van der Waals surface area contributed by atoms with Crippen molar-refractivity contribution in [2.45, 2.75) is 76.8 Å². The average molecular weight is 1000 g/mol. The number of pyridine rings is 1. The van der Waals surface area contributed by atoms with Gasteiger partial charge in [0.1, 0.15) is 6.04 Å². The van der Waals surface area contributed by atoms with E-state index in [2.05, 4.69) is 63.6 Å². The number of halogens is 9. The van der Waals surface area contributed by atoms with E-state index in [1.807, 2.05) is 47.4 Å². The van der Waals surface area contributed by atoms with Gasteiger partial charge < -0.3 is 35.3 Å². The third-order valence-electron chi connectivity index (χ3n) is 9.08. The summed E-state index contributed by atoms with van der Waals surface area (Å²) in [5, 5.41) is 29.8. The normalized spacial score (nSPS) is 12.6. The summed E-state index contributed by atoms with van der Waals surface area (Å²) in [6, 6.07) is 17.3. The lowest BCUT2D eigenvalue weighted by molar-refractivity contribution is -0.193. The van der Waals surface area contributed by atoms with Crippen LogP contribution < -0.4 is 10.6 Å². The van der Waals surface area contributed by atoms with Gasteiger partial charge >= 0.3 is 42.4 Å². The summed E-state index contributed by atoms with van der Waals surface area (Å²) >= 11 is 1.61. The van der Waals surface area contributed by atoms with E-state index in [0.29, 0.717) is 37.5 Å². The molecule has 0 aliphatic carbocycles. The number of alkyl halides is 9. The minimum atomic E-state index is -5.08. The summed E-state index contributed by atoms with van der Waals surface area (Å²) in [6.45, 7) is 5.84. The molecule has 16 nitrogen and oxygen atoms in total. The molecule has 2 aromatic heterocycles. The molecule has 0 unspecified atom stereocenters. The lowest BCUT2D eigenvalue weighted by Gasteiger charge is -2.31. The van der Waals surface area contributed by atoms with Gasteiger partial charge in [0.25, 0.3) is 0 Å². The third kappa shape index (κ3) is 23.3. The maximum atomic E-state index is 13.5. The molecule has 4 aromatic rings. The molecule has 0 spiro atoms. The van der Waals surface area contributed by atoms with Crippen molar-refractivity contribution in [2.75, 3.05) is 32.2 Å². The fourth-order valence-electron chi connectivity index (χ4n) is 5.56. The Morgan fingerprint density at radius 1 is 0.809 bits per heavy atom. The number of carbonyl (C=O) groups is 6. The zero-order valence-electron chi connectivity index (χ0n) is 36.7. The lowest BCUT2D eigenvalue weighted by atomic mass is 9.97. The van der Waals surface area contributed by atoms with Crippen molar-refractivity contribution >= 4 is 58.2 Å². The fraction of sp³-hybridized carbons (Fsp3) is 0.429. The smallest absolute Gasteiger partial charge is 0.475 e. The number of carboxylic acid groups (broad SMARTS) is 3. The highest BCUT2D eigenvalue weighted by Crippen LogP contribution is 2.22.